The topological polar surface area (TPSA) is 43.4 Å². The Balaban J connectivity index is 2.31. The molecule has 0 radical (unpaired) electrons. The molecule has 0 spiro atoms. The van der Waals surface area contributed by atoms with Gasteiger partial charge in [0.1, 0.15) is 0 Å². The summed E-state index contributed by atoms with van der Waals surface area (Å²) in [5.41, 5.74) is 0. The van der Waals surface area contributed by atoms with Crippen molar-refractivity contribution in [2.45, 2.75) is 19.3 Å². The summed E-state index contributed by atoms with van der Waals surface area (Å²) in [4.78, 5) is 23.0. The lowest BCUT2D eigenvalue weighted by atomic mass is 10.2. The fourth-order valence-corrected chi connectivity index (χ4v) is 2.13. The molecule has 0 fully saturated rings. The molecule has 5 heteroatoms. The molecule has 0 bridgehead atoms. The van der Waals surface area contributed by atoms with E-state index in [2.05, 4.69) is 3.07 Å². The molecule has 0 aliphatic carbocycles. The van der Waals surface area contributed by atoms with E-state index in [-0.39, 0.29) is 5.97 Å². The summed E-state index contributed by atoms with van der Waals surface area (Å²) in [6.07, 6.45) is 2.86. The molecule has 0 saturated carbocycles. The second-order valence-electron chi connectivity index (χ2n) is 2.72. The number of halogens is 1. The van der Waals surface area contributed by atoms with Gasteiger partial charge in [0.05, 0.1) is 4.88 Å². The molecule has 3 nitrogen and oxygen atoms in total. The van der Waals surface area contributed by atoms with Gasteiger partial charge in [-0.25, -0.2) is 0 Å². The normalized spacial score (nSPS) is 9.79. The van der Waals surface area contributed by atoms with Gasteiger partial charge in [-0.05, 0) is 25.0 Å². The molecule has 1 aromatic rings. The fraction of sp³-hybridized carbons (Fsp3) is 0.333. The SMILES string of the molecule is O=Cc1ccc(CCCC(=O)OI)s1. The molecule has 0 aliphatic heterocycles. The van der Waals surface area contributed by atoms with Gasteiger partial charge in [0.25, 0.3) is 0 Å². The number of carbonyl (C=O) groups is 2. The first-order valence-electron chi connectivity index (χ1n) is 4.11. The van der Waals surface area contributed by atoms with Crippen LogP contribution in [0.5, 0.6) is 0 Å². The molecule has 0 aliphatic rings. The molecule has 1 heterocycles. The number of hydrogen-bond donors (Lipinski definition) is 0. The first kappa shape index (κ1) is 11.6. The van der Waals surface area contributed by atoms with E-state index < -0.39 is 0 Å². The van der Waals surface area contributed by atoms with Crippen LogP contribution < -0.4 is 0 Å². The van der Waals surface area contributed by atoms with Gasteiger partial charge >= 0.3 is 5.97 Å². The summed E-state index contributed by atoms with van der Waals surface area (Å²) in [5, 5.41) is 0. The molecule has 0 atom stereocenters. The predicted molar refractivity (Wildman–Crippen MR) is 62.8 cm³/mol. The number of aryl methyl sites for hydroxylation is 1. The van der Waals surface area contributed by atoms with Gasteiger partial charge in [-0.15, -0.1) is 11.3 Å². The first-order valence-corrected chi connectivity index (χ1v) is 5.81. The van der Waals surface area contributed by atoms with Crippen molar-refractivity contribution in [2.75, 3.05) is 0 Å². The van der Waals surface area contributed by atoms with Crippen LogP contribution in [0.25, 0.3) is 0 Å². The van der Waals surface area contributed by atoms with Gasteiger partial charge in [0, 0.05) is 11.3 Å². The van der Waals surface area contributed by atoms with Crippen molar-refractivity contribution in [3.63, 3.8) is 0 Å². The van der Waals surface area contributed by atoms with Gasteiger partial charge in [-0.1, -0.05) is 0 Å². The Kier molecular flexibility index (Phi) is 5.10. The second kappa shape index (κ2) is 6.13. The van der Waals surface area contributed by atoms with Crippen LogP contribution in [0.15, 0.2) is 12.1 Å². The van der Waals surface area contributed by atoms with E-state index in [0.29, 0.717) is 6.42 Å². The van der Waals surface area contributed by atoms with Crippen molar-refractivity contribution < 1.29 is 12.7 Å². The third kappa shape index (κ3) is 3.75. The standard InChI is InChI=1S/C9H9IO3S/c10-13-9(12)3-1-2-7-4-5-8(6-11)14-7/h4-6H,1-3H2. The van der Waals surface area contributed by atoms with Crippen LogP contribution in [0.3, 0.4) is 0 Å². The Labute approximate surface area is 100 Å². The van der Waals surface area contributed by atoms with E-state index >= 15 is 0 Å². The molecule has 1 rings (SSSR count). The minimum absolute atomic E-state index is 0.197. The Hall–Kier alpha value is -0.430. The quantitative estimate of drug-likeness (QED) is 0.618. The van der Waals surface area contributed by atoms with Crippen LogP contribution in [0, 0.1) is 0 Å². The lowest BCUT2D eigenvalue weighted by Gasteiger charge is -1.95. The minimum Gasteiger partial charge on any atom is -0.394 e. The van der Waals surface area contributed by atoms with Crippen molar-refractivity contribution in [3.05, 3.63) is 21.9 Å². The van der Waals surface area contributed by atoms with E-state index in [1.807, 2.05) is 6.07 Å². The fourth-order valence-electron chi connectivity index (χ4n) is 1.04. The molecule has 1 aromatic heterocycles. The molecule has 0 saturated heterocycles. The van der Waals surface area contributed by atoms with E-state index in [0.717, 1.165) is 28.9 Å². The summed E-state index contributed by atoms with van der Waals surface area (Å²) < 4.78 is 4.49. The van der Waals surface area contributed by atoms with Gasteiger partial charge in [-0.3, -0.25) is 9.59 Å². The predicted octanol–water partition coefficient (Wildman–Crippen LogP) is 2.78. The second-order valence-corrected chi connectivity index (χ2v) is 4.36. The van der Waals surface area contributed by atoms with Crippen molar-refractivity contribution >= 4 is 46.6 Å². The highest BCUT2D eigenvalue weighted by molar-refractivity contribution is 14.1. The number of thiophene rings is 1. The first-order chi connectivity index (χ1) is 6.76. The van der Waals surface area contributed by atoms with E-state index in [1.165, 1.54) is 11.3 Å². The van der Waals surface area contributed by atoms with Gasteiger partial charge < -0.3 is 3.07 Å². The highest BCUT2D eigenvalue weighted by atomic mass is 127. The highest BCUT2D eigenvalue weighted by Crippen LogP contribution is 2.17. The zero-order valence-electron chi connectivity index (χ0n) is 7.36. The molecule has 0 aromatic carbocycles. The van der Waals surface area contributed by atoms with Crippen LogP contribution in [0.1, 0.15) is 27.4 Å². The van der Waals surface area contributed by atoms with Crippen molar-refractivity contribution in [1.82, 2.24) is 0 Å². The lowest BCUT2D eigenvalue weighted by molar-refractivity contribution is -0.131. The number of aldehydes is 1. The molecule has 0 amide bonds. The molecule has 0 N–H and O–H groups in total. The third-order valence-corrected chi connectivity index (χ3v) is 3.25. The lowest BCUT2D eigenvalue weighted by Crippen LogP contribution is -1.96. The van der Waals surface area contributed by atoms with E-state index in [4.69, 9.17) is 0 Å². The maximum atomic E-state index is 10.8. The molecule has 0 unspecified atom stereocenters. The maximum Gasteiger partial charge on any atom is 0.315 e. The molecule has 14 heavy (non-hydrogen) atoms. The minimum atomic E-state index is -0.197. The van der Waals surface area contributed by atoms with Crippen molar-refractivity contribution in [3.8, 4) is 0 Å². The molecule has 76 valence electrons. The van der Waals surface area contributed by atoms with Crippen LogP contribution in [-0.4, -0.2) is 12.3 Å². The summed E-state index contributed by atoms with van der Waals surface area (Å²) in [6.45, 7) is 0. The summed E-state index contributed by atoms with van der Waals surface area (Å²) >= 11 is 3.05. The van der Waals surface area contributed by atoms with Crippen LogP contribution in [0.4, 0.5) is 0 Å². The largest absolute Gasteiger partial charge is 0.394 e. The highest BCUT2D eigenvalue weighted by Gasteiger charge is 2.03. The van der Waals surface area contributed by atoms with Crippen LogP contribution >= 0.6 is 34.3 Å². The van der Waals surface area contributed by atoms with Crippen LogP contribution in [-0.2, 0) is 14.3 Å². The van der Waals surface area contributed by atoms with E-state index in [1.54, 1.807) is 29.1 Å². The van der Waals surface area contributed by atoms with Crippen molar-refractivity contribution in [2.24, 2.45) is 0 Å². The third-order valence-electron chi connectivity index (χ3n) is 1.69. The average Bonchev–Trinajstić information content (AvgIpc) is 2.65. The molecular formula is C9H9IO3S. The Morgan fingerprint density at radius 3 is 2.93 bits per heavy atom. The summed E-state index contributed by atoms with van der Waals surface area (Å²) in [6, 6.07) is 3.72. The van der Waals surface area contributed by atoms with Crippen molar-refractivity contribution in [1.29, 1.82) is 0 Å². The van der Waals surface area contributed by atoms with Gasteiger partial charge in [0.15, 0.2) is 29.3 Å². The number of rotatable bonds is 5. The zero-order valence-corrected chi connectivity index (χ0v) is 10.3. The summed E-state index contributed by atoms with van der Waals surface area (Å²) in [5.74, 6) is -0.197. The van der Waals surface area contributed by atoms with E-state index in [9.17, 15) is 9.59 Å². The molecular weight excluding hydrogens is 315 g/mol. The smallest absolute Gasteiger partial charge is 0.315 e. The van der Waals surface area contributed by atoms with Gasteiger partial charge in [0.2, 0.25) is 0 Å². The Morgan fingerprint density at radius 1 is 1.57 bits per heavy atom. The maximum absolute atomic E-state index is 10.8. The summed E-state index contributed by atoms with van der Waals surface area (Å²) in [7, 11) is 0. The Morgan fingerprint density at radius 2 is 2.36 bits per heavy atom. The van der Waals surface area contributed by atoms with Gasteiger partial charge in [-0.2, -0.15) is 0 Å². The Bertz CT molecular complexity index is 322. The number of hydrogen-bond acceptors (Lipinski definition) is 4. The zero-order chi connectivity index (χ0) is 10.4. The number of carbonyl (C=O) groups excluding carboxylic acids is 2. The monoisotopic (exact) mass is 324 g/mol. The van der Waals surface area contributed by atoms with Crippen LogP contribution in [0.2, 0.25) is 0 Å². The average molecular weight is 324 g/mol.